The number of ether oxygens (including phenoxy) is 1. The molecule has 3 rings (SSSR count). The van der Waals surface area contributed by atoms with E-state index in [9.17, 15) is 9.18 Å². The molecule has 0 aliphatic carbocycles. The van der Waals surface area contributed by atoms with Gasteiger partial charge in [0.25, 0.3) is 5.91 Å². The molecule has 0 saturated carbocycles. The van der Waals surface area contributed by atoms with Crippen molar-refractivity contribution < 1.29 is 18.3 Å². The first-order valence-electron chi connectivity index (χ1n) is 7.73. The first-order valence-corrected chi connectivity index (χ1v) is 7.73. The molecule has 0 atom stereocenters. The molecular weight excluding hydrogens is 297 g/mol. The Morgan fingerprint density at radius 2 is 1.96 bits per heavy atom. The molecule has 23 heavy (non-hydrogen) atoms. The van der Waals surface area contributed by atoms with Crippen molar-refractivity contribution >= 4 is 5.91 Å². The van der Waals surface area contributed by atoms with Gasteiger partial charge in [-0.15, -0.1) is 0 Å². The van der Waals surface area contributed by atoms with E-state index in [1.54, 1.807) is 26.0 Å². The van der Waals surface area contributed by atoms with Crippen LogP contribution in [0.4, 0.5) is 4.39 Å². The van der Waals surface area contributed by atoms with E-state index >= 15 is 0 Å². The van der Waals surface area contributed by atoms with Gasteiger partial charge in [0.2, 0.25) is 0 Å². The third-order valence-electron chi connectivity index (χ3n) is 4.36. The van der Waals surface area contributed by atoms with Crippen LogP contribution in [-0.4, -0.2) is 19.1 Å². The molecular formula is C18H20FNO3. The fourth-order valence-corrected chi connectivity index (χ4v) is 3.13. The fraction of sp³-hybridized carbons (Fsp3) is 0.389. The first-order chi connectivity index (χ1) is 11.0. The second-order valence-electron chi connectivity index (χ2n) is 5.99. The molecule has 1 N–H and O–H groups in total. The molecule has 5 heteroatoms. The number of halogens is 1. The van der Waals surface area contributed by atoms with Gasteiger partial charge < -0.3 is 14.5 Å². The maximum absolute atomic E-state index is 13.7. The van der Waals surface area contributed by atoms with Gasteiger partial charge >= 0.3 is 0 Å². The molecule has 1 aliphatic heterocycles. The maximum atomic E-state index is 13.7. The lowest BCUT2D eigenvalue weighted by Crippen LogP contribution is -2.49. The fourth-order valence-electron chi connectivity index (χ4n) is 3.13. The molecule has 2 aromatic rings. The third kappa shape index (κ3) is 3.15. The normalized spacial score (nSPS) is 17.0. The highest BCUT2D eigenvalue weighted by molar-refractivity contribution is 5.95. The summed E-state index contributed by atoms with van der Waals surface area (Å²) < 4.78 is 24.5. The van der Waals surface area contributed by atoms with Crippen LogP contribution >= 0.6 is 0 Å². The van der Waals surface area contributed by atoms with Crippen molar-refractivity contribution in [3.63, 3.8) is 0 Å². The van der Waals surface area contributed by atoms with Crippen molar-refractivity contribution in [3.8, 4) is 0 Å². The summed E-state index contributed by atoms with van der Waals surface area (Å²) in [5.74, 6) is 0.768. The van der Waals surface area contributed by atoms with Crippen LogP contribution in [0.5, 0.6) is 0 Å². The van der Waals surface area contributed by atoms with E-state index in [1.807, 2.05) is 6.07 Å². The predicted molar refractivity (Wildman–Crippen MR) is 83.8 cm³/mol. The average Bonchev–Trinajstić information content (AvgIpc) is 2.87. The van der Waals surface area contributed by atoms with Crippen LogP contribution in [0.2, 0.25) is 0 Å². The summed E-state index contributed by atoms with van der Waals surface area (Å²) in [6, 6.07) is 8.13. The number of nitrogens with one attached hydrogen (secondary N) is 1. The maximum Gasteiger partial charge on any atom is 0.255 e. The van der Waals surface area contributed by atoms with Crippen LogP contribution in [-0.2, 0) is 10.3 Å². The summed E-state index contributed by atoms with van der Waals surface area (Å²) in [6.07, 6.45) is 1.22. The van der Waals surface area contributed by atoms with Crippen LogP contribution in [0.1, 0.15) is 40.3 Å². The Hall–Kier alpha value is -2.14. The number of carbonyl (C=O) groups excluding carboxylic acids is 1. The first kappa shape index (κ1) is 15.7. The topological polar surface area (TPSA) is 51.5 Å². The van der Waals surface area contributed by atoms with Gasteiger partial charge in [-0.25, -0.2) is 4.39 Å². The number of hydrogen-bond donors (Lipinski definition) is 1. The molecule has 0 unspecified atom stereocenters. The molecule has 1 aliphatic rings. The van der Waals surface area contributed by atoms with E-state index in [1.165, 1.54) is 12.1 Å². The standard InChI is InChI=1S/C18H20FNO3/c1-12-10-16(13(2)23-12)17(21)20-18(6-8-22-9-7-18)14-4-3-5-15(19)11-14/h3-5,10-11H,6-9H2,1-2H3,(H,20,21). The Balaban J connectivity index is 1.93. The van der Waals surface area contributed by atoms with Crippen molar-refractivity contribution in [2.24, 2.45) is 0 Å². The average molecular weight is 317 g/mol. The predicted octanol–water partition coefficient (Wildman–Crippen LogP) is 3.47. The molecule has 0 spiro atoms. The van der Waals surface area contributed by atoms with Crippen LogP contribution in [0, 0.1) is 19.7 Å². The Morgan fingerprint density at radius 3 is 2.57 bits per heavy atom. The van der Waals surface area contributed by atoms with Crippen LogP contribution in [0.3, 0.4) is 0 Å². The Morgan fingerprint density at radius 1 is 1.22 bits per heavy atom. The highest BCUT2D eigenvalue weighted by atomic mass is 19.1. The number of furan rings is 1. The van der Waals surface area contributed by atoms with E-state index in [4.69, 9.17) is 9.15 Å². The van der Waals surface area contributed by atoms with Crippen molar-refractivity contribution in [3.05, 3.63) is 58.8 Å². The Bertz CT molecular complexity index is 717. The Kier molecular flexibility index (Phi) is 4.22. The van der Waals surface area contributed by atoms with Crippen LogP contribution in [0.15, 0.2) is 34.7 Å². The monoisotopic (exact) mass is 317 g/mol. The molecule has 1 amide bonds. The highest BCUT2D eigenvalue weighted by Crippen LogP contribution is 2.33. The summed E-state index contributed by atoms with van der Waals surface area (Å²) >= 11 is 0. The lowest BCUT2D eigenvalue weighted by molar-refractivity contribution is 0.0344. The number of amides is 1. The van der Waals surface area contributed by atoms with Gasteiger partial charge in [-0.3, -0.25) is 4.79 Å². The number of aryl methyl sites for hydroxylation is 2. The van der Waals surface area contributed by atoms with Crippen molar-refractivity contribution in [1.29, 1.82) is 0 Å². The van der Waals surface area contributed by atoms with E-state index in [0.717, 1.165) is 5.56 Å². The largest absolute Gasteiger partial charge is 0.466 e. The zero-order valence-electron chi connectivity index (χ0n) is 13.3. The Labute approximate surface area is 134 Å². The smallest absolute Gasteiger partial charge is 0.255 e. The molecule has 122 valence electrons. The number of hydrogen-bond acceptors (Lipinski definition) is 3. The summed E-state index contributed by atoms with van der Waals surface area (Å²) in [5.41, 5.74) is 0.673. The van der Waals surface area contributed by atoms with Gasteiger partial charge in [-0.1, -0.05) is 12.1 Å². The second kappa shape index (κ2) is 6.16. The molecule has 0 bridgehead atoms. The molecule has 1 fully saturated rings. The molecule has 2 heterocycles. The van der Waals surface area contributed by atoms with Gasteiger partial charge in [0.15, 0.2) is 0 Å². The van der Waals surface area contributed by atoms with E-state index in [2.05, 4.69) is 5.32 Å². The van der Waals surface area contributed by atoms with E-state index in [0.29, 0.717) is 43.1 Å². The van der Waals surface area contributed by atoms with Crippen molar-refractivity contribution in [1.82, 2.24) is 5.32 Å². The summed E-state index contributed by atoms with van der Waals surface area (Å²) in [5, 5.41) is 3.10. The van der Waals surface area contributed by atoms with Gasteiger partial charge in [-0.2, -0.15) is 0 Å². The highest BCUT2D eigenvalue weighted by Gasteiger charge is 2.37. The van der Waals surface area contributed by atoms with Gasteiger partial charge in [-0.05, 0) is 50.5 Å². The minimum absolute atomic E-state index is 0.203. The van der Waals surface area contributed by atoms with Crippen LogP contribution < -0.4 is 5.32 Å². The van der Waals surface area contributed by atoms with Crippen molar-refractivity contribution in [2.45, 2.75) is 32.2 Å². The summed E-state index contributed by atoms with van der Waals surface area (Å²) in [6.45, 7) is 4.63. The van der Waals surface area contributed by atoms with E-state index in [-0.39, 0.29) is 11.7 Å². The quantitative estimate of drug-likeness (QED) is 0.943. The lowest BCUT2D eigenvalue weighted by Gasteiger charge is -2.38. The zero-order valence-corrected chi connectivity index (χ0v) is 13.3. The minimum Gasteiger partial charge on any atom is -0.466 e. The summed E-state index contributed by atoms with van der Waals surface area (Å²) in [4.78, 5) is 12.7. The van der Waals surface area contributed by atoms with Gasteiger partial charge in [0, 0.05) is 13.2 Å². The number of carbonyl (C=O) groups is 1. The molecule has 1 aromatic carbocycles. The van der Waals surface area contributed by atoms with Gasteiger partial charge in [0.05, 0.1) is 11.1 Å². The SMILES string of the molecule is Cc1cc(C(=O)NC2(c3cccc(F)c3)CCOCC2)c(C)o1. The molecule has 0 radical (unpaired) electrons. The molecule has 4 nitrogen and oxygen atoms in total. The van der Waals surface area contributed by atoms with Crippen LogP contribution in [0.25, 0.3) is 0 Å². The lowest BCUT2D eigenvalue weighted by atomic mass is 9.82. The third-order valence-corrected chi connectivity index (χ3v) is 4.36. The number of benzene rings is 1. The van der Waals surface area contributed by atoms with Gasteiger partial charge in [0.1, 0.15) is 17.3 Å². The second-order valence-corrected chi connectivity index (χ2v) is 5.99. The molecule has 1 saturated heterocycles. The zero-order chi connectivity index (χ0) is 16.4. The van der Waals surface area contributed by atoms with Crippen molar-refractivity contribution in [2.75, 3.05) is 13.2 Å². The van der Waals surface area contributed by atoms with E-state index < -0.39 is 5.54 Å². The minimum atomic E-state index is -0.616. The summed E-state index contributed by atoms with van der Waals surface area (Å²) in [7, 11) is 0. The number of rotatable bonds is 3. The molecule has 1 aromatic heterocycles.